The number of hydrogen-bond donors (Lipinski definition) is 0. The highest BCUT2D eigenvalue weighted by Crippen LogP contribution is 2.40. The molecule has 0 bridgehead atoms. The summed E-state index contributed by atoms with van der Waals surface area (Å²) in [4.78, 5) is 10.1. The quantitative estimate of drug-likeness (QED) is 0.810. The summed E-state index contributed by atoms with van der Waals surface area (Å²) in [6, 6.07) is 0. The molecule has 2 fully saturated rings. The van der Waals surface area contributed by atoms with Crippen molar-refractivity contribution in [3.05, 3.63) is 18.2 Å². The molecule has 0 saturated carbocycles. The van der Waals surface area contributed by atoms with Gasteiger partial charge in [0.2, 0.25) is 16.0 Å². The van der Waals surface area contributed by atoms with Gasteiger partial charge in [-0.3, -0.25) is 0 Å². The molecule has 3 rings (SSSR count). The van der Waals surface area contributed by atoms with E-state index in [4.69, 9.17) is 0 Å². The molecule has 3 heterocycles. The van der Waals surface area contributed by atoms with Crippen molar-refractivity contribution < 1.29 is 12.8 Å². The van der Waals surface area contributed by atoms with E-state index in [2.05, 4.69) is 9.97 Å². The summed E-state index contributed by atoms with van der Waals surface area (Å²) in [5.74, 6) is 0.0721. The highest BCUT2D eigenvalue weighted by Gasteiger charge is 2.44. The third-order valence-corrected chi connectivity index (χ3v) is 5.67. The molecule has 21 heavy (non-hydrogen) atoms. The van der Waals surface area contributed by atoms with Crippen LogP contribution in [0.15, 0.2) is 12.4 Å². The van der Waals surface area contributed by atoms with E-state index in [0.29, 0.717) is 19.0 Å². The molecule has 0 N–H and O–H groups in total. The number of aromatic nitrogens is 2. The van der Waals surface area contributed by atoms with Crippen molar-refractivity contribution in [2.45, 2.75) is 19.3 Å². The molecule has 2 saturated heterocycles. The third kappa shape index (κ3) is 3.01. The molecule has 8 heteroatoms. The van der Waals surface area contributed by atoms with Gasteiger partial charge in [-0.2, -0.15) is 0 Å². The molecule has 6 nitrogen and oxygen atoms in total. The van der Waals surface area contributed by atoms with Crippen LogP contribution in [0, 0.1) is 11.2 Å². The molecule has 0 aromatic carbocycles. The Morgan fingerprint density at radius 1 is 1.19 bits per heavy atom. The van der Waals surface area contributed by atoms with Crippen molar-refractivity contribution in [1.29, 1.82) is 0 Å². The van der Waals surface area contributed by atoms with E-state index >= 15 is 0 Å². The first-order valence-electron chi connectivity index (χ1n) is 7.06. The van der Waals surface area contributed by atoms with Gasteiger partial charge in [-0.25, -0.2) is 27.1 Å². The molecular formula is C13H19FN4O2S. The third-order valence-electron chi connectivity index (χ3n) is 4.42. The second-order valence-electron chi connectivity index (χ2n) is 6.07. The van der Waals surface area contributed by atoms with Crippen LogP contribution >= 0.6 is 0 Å². The van der Waals surface area contributed by atoms with Crippen LogP contribution in [0.1, 0.15) is 19.3 Å². The molecule has 2 aliphatic rings. The highest BCUT2D eigenvalue weighted by atomic mass is 32.2. The molecule has 0 unspecified atom stereocenters. The zero-order valence-corrected chi connectivity index (χ0v) is 12.8. The van der Waals surface area contributed by atoms with Crippen LogP contribution in [0.5, 0.6) is 0 Å². The zero-order chi connectivity index (χ0) is 15.1. The molecule has 1 aromatic rings. The summed E-state index contributed by atoms with van der Waals surface area (Å²) in [5, 5.41) is 0. The van der Waals surface area contributed by atoms with Gasteiger partial charge >= 0.3 is 0 Å². The highest BCUT2D eigenvalue weighted by molar-refractivity contribution is 7.88. The number of nitrogens with zero attached hydrogens (tertiary/aromatic N) is 4. The average molecular weight is 314 g/mol. The van der Waals surface area contributed by atoms with Crippen LogP contribution in [0.3, 0.4) is 0 Å². The fourth-order valence-corrected chi connectivity index (χ4v) is 4.29. The first-order valence-corrected chi connectivity index (χ1v) is 8.91. The number of hydrogen-bond acceptors (Lipinski definition) is 5. The predicted molar refractivity (Wildman–Crippen MR) is 76.9 cm³/mol. The maximum atomic E-state index is 12.9. The number of rotatable bonds is 2. The summed E-state index contributed by atoms with van der Waals surface area (Å²) in [5.41, 5.74) is -0.0287. The first-order chi connectivity index (χ1) is 9.88. The minimum Gasteiger partial charge on any atom is -0.340 e. The summed E-state index contributed by atoms with van der Waals surface area (Å²) in [7, 11) is -3.13. The minimum atomic E-state index is -3.13. The van der Waals surface area contributed by atoms with Crippen molar-refractivity contribution in [3.8, 4) is 0 Å². The summed E-state index contributed by atoms with van der Waals surface area (Å²) in [6.45, 7) is 2.69. The van der Waals surface area contributed by atoms with Gasteiger partial charge in [-0.1, -0.05) is 0 Å². The lowest BCUT2D eigenvalue weighted by atomic mass is 9.79. The van der Waals surface area contributed by atoms with Crippen molar-refractivity contribution in [3.63, 3.8) is 0 Å². The van der Waals surface area contributed by atoms with Crippen molar-refractivity contribution in [2.24, 2.45) is 5.41 Å². The van der Waals surface area contributed by atoms with E-state index < -0.39 is 15.8 Å². The van der Waals surface area contributed by atoms with Crippen LogP contribution in [-0.4, -0.2) is 55.1 Å². The molecule has 1 atom stereocenters. The molecule has 1 aromatic heterocycles. The van der Waals surface area contributed by atoms with E-state index in [1.54, 1.807) is 4.31 Å². The fraction of sp³-hybridized carbons (Fsp3) is 0.692. The Labute approximate surface area is 124 Å². The summed E-state index contributed by atoms with van der Waals surface area (Å²) >= 11 is 0. The van der Waals surface area contributed by atoms with Gasteiger partial charge in [0.25, 0.3) is 0 Å². The van der Waals surface area contributed by atoms with Crippen LogP contribution in [-0.2, 0) is 10.0 Å². The Balaban J connectivity index is 1.76. The van der Waals surface area contributed by atoms with Gasteiger partial charge in [0.05, 0.1) is 18.6 Å². The minimum absolute atomic E-state index is 0.0287. The lowest BCUT2D eigenvalue weighted by Gasteiger charge is -2.40. The van der Waals surface area contributed by atoms with Gasteiger partial charge in [0.15, 0.2) is 5.82 Å². The van der Waals surface area contributed by atoms with Crippen molar-refractivity contribution >= 4 is 16.0 Å². The largest absolute Gasteiger partial charge is 0.340 e. The van der Waals surface area contributed by atoms with Crippen LogP contribution in [0.25, 0.3) is 0 Å². The second kappa shape index (κ2) is 5.17. The Hall–Kier alpha value is -1.28. The smallest absolute Gasteiger partial charge is 0.225 e. The lowest BCUT2D eigenvalue weighted by molar-refractivity contribution is 0.246. The Bertz CT molecular complexity index is 622. The van der Waals surface area contributed by atoms with Gasteiger partial charge in [-0.05, 0) is 19.3 Å². The van der Waals surface area contributed by atoms with E-state index in [-0.39, 0.29) is 5.41 Å². The van der Waals surface area contributed by atoms with Gasteiger partial charge in [0.1, 0.15) is 0 Å². The van der Waals surface area contributed by atoms with E-state index in [0.717, 1.165) is 32.4 Å². The number of sulfonamides is 1. The standard InChI is InChI=1S/C13H19FN4O2S/c1-21(19,20)18-6-4-13(10-18)3-2-5-17(9-13)12-15-7-11(14)8-16-12/h7-8H,2-6,9-10H2,1H3/t13-/m0/s1. The predicted octanol–water partition coefficient (Wildman–Crippen LogP) is 0.868. The van der Waals surface area contributed by atoms with Gasteiger partial charge < -0.3 is 4.90 Å². The number of anilines is 1. The van der Waals surface area contributed by atoms with Crippen LogP contribution in [0.2, 0.25) is 0 Å². The van der Waals surface area contributed by atoms with E-state index in [9.17, 15) is 12.8 Å². The van der Waals surface area contributed by atoms with Crippen LogP contribution < -0.4 is 4.90 Å². The SMILES string of the molecule is CS(=O)(=O)N1CC[C@]2(CCCN(c3ncc(F)cn3)C2)C1. The molecule has 116 valence electrons. The number of piperidine rings is 1. The summed E-state index contributed by atoms with van der Waals surface area (Å²) in [6.07, 6.45) is 6.44. The molecule has 1 spiro atoms. The van der Waals surface area contributed by atoms with Gasteiger partial charge in [-0.15, -0.1) is 0 Å². The first kappa shape index (κ1) is 14.6. The topological polar surface area (TPSA) is 66.4 Å². The lowest BCUT2D eigenvalue weighted by Crippen LogP contribution is -2.46. The van der Waals surface area contributed by atoms with Gasteiger partial charge in [0, 0.05) is 31.6 Å². The van der Waals surface area contributed by atoms with Crippen LogP contribution in [0.4, 0.5) is 10.3 Å². The fourth-order valence-electron chi connectivity index (χ4n) is 3.36. The van der Waals surface area contributed by atoms with Crippen molar-refractivity contribution in [2.75, 3.05) is 37.3 Å². The Kier molecular flexibility index (Phi) is 3.61. The normalized spacial score (nSPS) is 27.4. The molecule has 2 aliphatic heterocycles. The monoisotopic (exact) mass is 314 g/mol. The molecular weight excluding hydrogens is 295 g/mol. The number of halogens is 1. The maximum Gasteiger partial charge on any atom is 0.225 e. The molecule has 0 radical (unpaired) electrons. The molecule has 0 aliphatic carbocycles. The second-order valence-corrected chi connectivity index (χ2v) is 8.06. The maximum absolute atomic E-state index is 12.9. The Morgan fingerprint density at radius 3 is 2.52 bits per heavy atom. The zero-order valence-electron chi connectivity index (χ0n) is 12.0. The molecule has 0 amide bonds. The van der Waals surface area contributed by atoms with Crippen molar-refractivity contribution in [1.82, 2.24) is 14.3 Å². The summed E-state index contributed by atoms with van der Waals surface area (Å²) < 4.78 is 37.9. The van der Waals surface area contributed by atoms with E-state index in [1.165, 1.54) is 18.6 Å². The van der Waals surface area contributed by atoms with E-state index in [1.807, 2.05) is 4.90 Å². The average Bonchev–Trinajstić information content (AvgIpc) is 2.83. The Morgan fingerprint density at radius 2 is 1.90 bits per heavy atom.